The Balaban J connectivity index is 1.91. The summed E-state index contributed by atoms with van der Waals surface area (Å²) in [6, 6.07) is 0. The first kappa shape index (κ1) is 18.5. The van der Waals surface area contributed by atoms with Gasteiger partial charge < -0.3 is 30.6 Å². The predicted octanol–water partition coefficient (Wildman–Crippen LogP) is -1.12. The fraction of sp³-hybridized carbons (Fsp3) is 0.842. The summed E-state index contributed by atoms with van der Waals surface area (Å²) < 4.78 is 0. The highest BCUT2D eigenvalue weighted by Gasteiger charge is 2.79. The lowest BCUT2D eigenvalue weighted by Gasteiger charge is -2.53. The molecule has 0 radical (unpaired) electrons. The van der Waals surface area contributed by atoms with E-state index < -0.39 is 64.6 Å². The minimum absolute atomic E-state index is 0.0911. The fourth-order valence-electron chi connectivity index (χ4n) is 6.24. The molecule has 7 heteroatoms. The van der Waals surface area contributed by atoms with Crippen LogP contribution in [0.15, 0.2) is 11.6 Å². The summed E-state index contributed by atoms with van der Waals surface area (Å²) in [4.78, 5) is 12.7. The van der Waals surface area contributed by atoms with Crippen LogP contribution in [0.2, 0.25) is 0 Å². The zero-order valence-corrected chi connectivity index (χ0v) is 15.1. The molecular formula is C19H28O7. The van der Waals surface area contributed by atoms with Crippen molar-refractivity contribution in [3.63, 3.8) is 0 Å². The Bertz CT molecular complexity index is 691. The molecule has 0 aromatic heterocycles. The van der Waals surface area contributed by atoms with Crippen molar-refractivity contribution in [2.45, 2.75) is 68.5 Å². The van der Waals surface area contributed by atoms with Gasteiger partial charge in [0, 0.05) is 17.3 Å². The third-order valence-corrected chi connectivity index (χ3v) is 8.06. The number of aliphatic hydroxyl groups excluding tert-OH is 3. The number of carbonyl (C=O) groups is 1. The molecule has 0 unspecified atom stereocenters. The van der Waals surface area contributed by atoms with E-state index >= 15 is 0 Å². The van der Waals surface area contributed by atoms with Crippen molar-refractivity contribution in [1.29, 1.82) is 0 Å². The number of hydrogen-bond acceptors (Lipinski definition) is 7. The Kier molecular flexibility index (Phi) is 3.67. The van der Waals surface area contributed by atoms with Crippen molar-refractivity contribution in [3.05, 3.63) is 11.6 Å². The summed E-state index contributed by atoms with van der Waals surface area (Å²) in [5.41, 5.74) is -6.17. The molecule has 0 spiro atoms. The number of fused-ring (bicyclic) bond motifs is 5. The van der Waals surface area contributed by atoms with Crippen molar-refractivity contribution in [1.82, 2.24) is 0 Å². The zero-order valence-electron chi connectivity index (χ0n) is 15.1. The maximum atomic E-state index is 12.7. The highest BCUT2D eigenvalue weighted by atomic mass is 16.4. The molecule has 146 valence electrons. The first-order valence-electron chi connectivity index (χ1n) is 9.40. The maximum absolute atomic E-state index is 12.7. The molecule has 0 aromatic carbocycles. The SMILES string of the molecule is CC[C@]1(O)CC[C@@]2(O)[C@H]([C@H]1O)[C@@H]1C[C@]1(CO)[C@@H](O)[C@]1(O)C(=O)C(C)=C[C@@H]21. The lowest BCUT2D eigenvalue weighted by molar-refractivity contribution is -0.230. The molecule has 0 aromatic rings. The number of carbonyl (C=O) groups excluding carboxylic acids is 1. The number of rotatable bonds is 2. The molecule has 0 saturated heterocycles. The van der Waals surface area contributed by atoms with E-state index in [1.807, 2.05) is 0 Å². The van der Waals surface area contributed by atoms with Gasteiger partial charge in [-0.3, -0.25) is 4.79 Å². The number of ketones is 1. The summed E-state index contributed by atoms with van der Waals surface area (Å²) in [5, 5.41) is 65.7. The molecule has 26 heavy (non-hydrogen) atoms. The van der Waals surface area contributed by atoms with E-state index in [1.165, 1.54) is 13.0 Å². The standard InChI is InChI=1S/C19H28O7/c1-3-17(24)4-5-18(25)11-6-9(2)13(21)19(11,26)15(23)16(8-20)7-10(16)12(18)14(17)22/h6,10-12,14-15,20,22-26H,3-5,7-8H2,1-2H3/t10-,11-,12-,14+,15+,16+,17-,18-,19+/m0/s1. The second kappa shape index (κ2) is 5.16. The molecule has 4 rings (SSSR count). The van der Waals surface area contributed by atoms with Crippen LogP contribution in [0.1, 0.15) is 39.5 Å². The summed E-state index contributed by atoms with van der Waals surface area (Å²) >= 11 is 0. The molecule has 0 aliphatic heterocycles. The highest BCUT2D eigenvalue weighted by Crippen LogP contribution is 2.70. The van der Waals surface area contributed by atoms with Crippen molar-refractivity contribution in [2.75, 3.05) is 6.61 Å². The minimum atomic E-state index is -2.23. The van der Waals surface area contributed by atoms with E-state index in [4.69, 9.17) is 0 Å². The van der Waals surface area contributed by atoms with Crippen LogP contribution in [-0.4, -0.2) is 72.0 Å². The van der Waals surface area contributed by atoms with E-state index in [2.05, 4.69) is 0 Å². The Morgan fingerprint density at radius 1 is 1.19 bits per heavy atom. The van der Waals surface area contributed by atoms with Gasteiger partial charge in [-0.25, -0.2) is 0 Å². The molecule has 3 saturated carbocycles. The number of Topliss-reactive ketones (excluding diaryl/α,β-unsaturated/α-hetero) is 1. The largest absolute Gasteiger partial charge is 0.396 e. The summed E-state index contributed by atoms with van der Waals surface area (Å²) in [7, 11) is 0. The van der Waals surface area contributed by atoms with Crippen LogP contribution in [0.25, 0.3) is 0 Å². The third kappa shape index (κ3) is 1.82. The molecule has 0 heterocycles. The van der Waals surface area contributed by atoms with Gasteiger partial charge in [0.15, 0.2) is 11.4 Å². The highest BCUT2D eigenvalue weighted by molar-refractivity contribution is 6.05. The van der Waals surface area contributed by atoms with Gasteiger partial charge in [-0.05, 0) is 44.1 Å². The monoisotopic (exact) mass is 368 g/mol. The molecule has 7 nitrogen and oxygen atoms in total. The molecule has 4 aliphatic carbocycles. The topological polar surface area (TPSA) is 138 Å². The van der Waals surface area contributed by atoms with E-state index in [0.717, 1.165) is 0 Å². The van der Waals surface area contributed by atoms with Crippen LogP contribution in [0.5, 0.6) is 0 Å². The van der Waals surface area contributed by atoms with E-state index in [0.29, 0.717) is 6.42 Å². The number of hydrogen-bond donors (Lipinski definition) is 6. The van der Waals surface area contributed by atoms with E-state index in [1.54, 1.807) is 6.92 Å². The van der Waals surface area contributed by atoms with Gasteiger partial charge in [0.05, 0.1) is 30.0 Å². The Morgan fingerprint density at radius 2 is 1.85 bits per heavy atom. The minimum Gasteiger partial charge on any atom is -0.396 e. The molecule has 6 N–H and O–H groups in total. The van der Waals surface area contributed by atoms with Gasteiger partial charge in [-0.1, -0.05) is 13.0 Å². The molecule has 0 amide bonds. The van der Waals surface area contributed by atoms with Crippen LogP contribution in [0.3, 0.4) is 0 Å². The fourth-order valence-corrected chi connectivity index (χ4v) is 6.24. The second-order valence-corrected chi connectivity index (χ2v) is 9.01. The zero-order chi connectivity index (χ0) is 19.3. The van der Waals surface area contributed by atoms with Crippen LogP contribution < -0.4 is 0 Å². The van der Waals surface area contributed by atoms with Crippen molar-refractivity contribution in [2.24, 2.45) is 23.2 Å². The normalized spacial score (nSPS) is 58.4. The summed E-state index contributed by atoms with van der Waals surface area (Å²) in [6.45, 7) is 2.81. The van der Waals surface area contributed by atoms with E-state index in [9.17, 15) is 35.4 Å². The lowest BCUT2D eigenvalue weighted by Crippen LogP contribution is -2.66. The molecule has 0 bridgehead atoms. The average Bonchev–Trinajstić information content (AvgIpc) is 3.30. The molecular weight excluding hydrogens is 340 g/mol. The van der Waals surface area contributed by atoms with Crippen LogP contribution in [0, 0.1) is 23.2 Å². The predicted molar refractivity (Wildman–Crippen MR) is 89.8 cm³/mol. The van der Waals surface area contributed by atoms with Crippen LogP contribution >= 0.6 is 0 Å². The average molecular weight is 368 g/mol. The lowest BCUT2D eigenvalue weighted by atomic mass is 9.58. The molecule has 4 aliphatic rings. The smallest absolute Gasteiger partial charge is 0.193 e. The summed E-state index contributed by atoms with van der Waals surface area (Å²) in [5.74, 6) is -3.07. The van der Waals surface area contributed by atoms with Gasteiger partial charge in [0.25, 0.3) is 0 Å². The third-order valence-electron chi connectivity index (χ3n) is 8.06. The van der Waals surface area contributed by atoms with Crippen molar-refractivity contribution >= 4 is 5.78 Å². The number of aliphatic hydroxyl groups is 6. The quantitative estimate of drug-likeness (QED) is 0.363. The molecule has 3 fully saturated rings. The van der Waals surface area contributed by atoms with Gasteiger partial charge in [0.2, 0.25) is 0 Å². The Morgan fingerprint density at radius 3 is 2.42 bits per heavy atom. The van der Waals surface area contributed by atoms with Crippen molar-refractivity contribution in [3.8, 4) is 0 Å². The molecule has 9 atom stereocenters. The second-order valence-electron chi connectivity index (χ2n) is 9.01. The van der Waals surface area contributed by atoms with Crippen LogP contribution in [-0.2, 0) is 4.79 Å². The first-order valence-corrected chi connectivity index (χ1v) is 9.40. The van der Waals surface area contributed by atoms with E-state index in [-0.39, 0.29) is 24.8 Å². The van der Waals surface area contributed by atoms with Gasteiger partial charge in [0.1, 0.15) is 0 Å². The van der Waals surface area contributed by atoms with Gasteiger partial charge in [-0.15, -0.1) is 0 Å². The Hall–Kier alpha value is -0.830. The van der Waals surface area contributed by atoms with Crippen LogP contribution in [0.4, 0.5) is 0 Å². The Labute approximate surface area is 152 Å². The van der Waals surface area contributed by atoms with Gasteiger partial charge in [-0.2, -0.15) is 0 Å². The van der Waals surface area contributed by atoms with Gasteiger partial charge >= 0.3 is 0 Å². The van der Waals surface area contributed by atoms with Crippen molar-refractivity contribution < 1.29 is 35.4 Å². The first-order chi connectivity index (χ1) is 12.0. The summed E-state index contributed by atoms with van der Waals surface area (Å²) in [6.07, 6.45) is -0.553. The maximum Gasteiger partial charge on any atom is 0.193 e.